The predicted molar refractivity (Wildman–Crippen MR) is 79.3 cm³/mol. The van der Waals surface area contributed by atoms with Gasteiger partial charge in [-0.05, 0) is 41.9 Å². The highest BCUT2D eigenvalue weighted by atomic mass is 79.9. The van der Waals surface area contributed by atoms with E-state index in [4.69, 9.17) is 11.6 Å². The van der Waals surface area contributed by atoms with Crippen LogP contribution in [0.15, 0.2) is 20.1 Å². The SMILES string of the molecule is Cc1cc(C)nc(NS(=O)(=O)c2cc(Cl)c(Br)s2)n1. The first-order valence-electron chi connectivity index (χ1n) is 5.08. The highest BCUT2D eigenvalue weighted by Crippen LogP contribution is 2.35. The van der Waals surface area contributed by atoms with E-state index in [9.17, 15) is 8.42 Å². The van der Waals surface area contributed by atoms with Crippen molar-refractivity contribution in [1.29, 1.82) is 0 Å². The lowest BCUT2D eigenvalue weighted by molar-refractivity contribution is 0.602. The van der Waals surface area contributed by atoms with Gasteiger partial charge in [0.1, 0.15) is 4.21 Å². The average Bonchev–Trinajstić information content (AvgIpc) is 2.57. The lowest BCUT2D eigenvalue weighted by Gasteiger charge is -2.05. The fraction of sp³-hybridized carbons (Fsp3) is 0.200. The van der Waals surface area contributed by atoms with E-state index in [0.717, 1.165) is 11.3 Å². The van der Waals surface area contributed by atoms with Crippen molar-refractivity contribution in [2.45, 2.75) is 18.1 Å². The molecule has 2 aromatic rings. The van der Waals surface area contributed by atoms with E-state index in [-0.39, 0.29) is 10.2 Å². The number of rotatable bonds is 3. The predicted octanol–water partition coefficient (Wildman–Crippen LogP) is 3.37. The molecule has 0 saturated heterocycles. The molecule has 0 fully saturated rings. The summed E-state index contributed by atoms with van der Waals surface area (Å²) in [6, 6.07) is 3.14. The summed E-state index contributed by atoms with van der Waals surface area (Å²) in [6.45, 7) is 3.54. The first kappa shape index (κ1) is 14.7. The molecule has 0 aromatic carbocycles. The number of nitrogens with zero attached hydrogens (tertiary/aromatic N) is 2. The molecule has 0 bridgehead atoms. The van der Waals surface area contributed by atoms with Gasteiger partial charge in [0.05, 0.1) is 8.81 Å². The third kappa shape index (κ3) is 3.44. The van der Waals surface area contributed by atoms with Crippen molar-refractivity contribution >= 4 is 54.8 Å². The van der Waals surface area contributed by atoms with E-state index in [2.05, 4.69) is 30.6 Å². The maximum atomic E-state index is 12.1. The van der Waals surface area contributed by atoms with Crippen LogP contribution in [0.2, 0.25) is 5.02 Å². The van der Waals surface area contributed by atoms with E-state index in [1.54, 1.807) is 19.9 Å². The molecule has 0 unspecified atom stereocenters. The third-order valence-electron chi connectivity index (χ3n) is 2.10. The summed E-state index contributed by atoms with van der Waals surface area (Å²) in [5.74, 6) is 0.0538. The zero-order chi connectivity index (χ0) is 14.2. The van der Waals surface area contributed by atoms with Gasteiger partial charge in [0.2, 0.25) is 5.95 Å². The Morgan fingerprint density at radius 3 is 2.32 bits per heavy atom. The molecule has 0 aliphatic carbocycles. The number of thiophene rings is 1. The molecule has 0 radical (unpaired) electrons. The quantitative estimate of drug-likeness (QED) is 0.883. The number of anilines is 1. The summed E-state index contributed by atoms with van der Waals surface area (Å²) in [5, 5.41) is 0.353. The Hall–Kier alpha value is -0.700. The normalized spacial score (nSPS) is 11.6. The average molecular weight is 383 g/mol. The fourth-order valence-corrected chi connectivity index (χ4v) is 4.74. The molecule has 0 amide bonds. The number of aromatic nitrogens is 2. The van der Waals surface area contributed by atoms with Gasteiger partial charge in [-0.1, -0.05) is 11.6 Å². The van der Waals surface area contributed by atoms with Crippen LogP contribution in [0.3, 0.4) is 0 Å². The van der Waals surface area contributed by atoms with Crippen LogP contribution in [-0.4, -0.2) is 18.4 Å². The van der Waals surface area contributed by atoms with Crippen LogP contribution in [-0.2, 0) is 10.0 Å². The molecule has 5 nitrogen and oxygen atoms in total. The van der Waals surface area contributed by atoms with Crippen LogP contribution >= 0.6 is 38.9 Å². The molecule has 9 heteroatoms. The first-order valence-corrected chi connectivity index (χ1v) is 8.55. The van der Waals surface area contributed by atoms with Gasteiger partial charge in [0.25, 0.3) is 10.0 Å². The number of halogens is 2. The fourth-order valence-electron chi connectivity index (χ4n) is 1.40. The highest BCUT2D eigenvalue weighted by molar-refractivity contribution is 9.11. The molecule has 2 rings (SSSR count). The molecule has 0 aliphatic rings. The van der Waals surface area contributed by atoms with Crippen molar-refractivity contribution in [2.75, 3.05) is 4.72 Å². The zero-order valence-electron chi connectivity index (χ0n) is 9.94. The van der Waals surface area contributed by atoms with Gasteiger partial charge in [0.15, 0.2) is 0 Å². The zero-order valence-corrected chi connectivity index (χ0v) is 13.9. The van der Waals surface area contributed by atoms with Gasteiger partial charge >= 0.3 is 0 Å². The van der Waals surface area contributed by atoms with E-state index < -0.39 is 10.0 Å². The molecule has 0 atom stereocenters. The van der Waals surface area contributed by atoms with Crippen LogP contribution in [0.25, 0.3) is 0 Å². The van der Waals surface area contributed by atoms with E-state index >= 15 is 0 Å². The Labute approximate surface area is 128 Å². The standard InChI is InChI=1S/C10H9BrClN3O2S2/c1-5-3-6(2)14-10(13-5)15-19(16,17)8-4-7(12)9(11)18-8/h3-4H,1-2H3,(H,13,14,15). The van der Waals surface area contributed by atoms with Gasteiger partial charge in [-0.25, -0.2) is 23.1 Å². The van der Waals surface area contributed by atoms with Crippen molar-refractivity contribution in [2.24, 2.45) is 0 Å². The Morgan fingerprint density at radius 2 is 1.84 bits per heavy atom. The molecule has 0 saturated carbocycles. The minimum Gasteiger partial charge on any atom is -0.246 e. The molecule has 102 valence electrons. The second-order valence-corrected chi connectivity index (χ2v) is 8.45. The number of hydrogen-bond acceptors (Lipinski definition) is 5. The Kier molecular flexibility index (Phi) is 4.14. The highest BCUT2D eigenvalue weighted by Gasteiger charge is 2.20. The molecule has 1 N–H and O–H groups in total. The van der Waals surface area contributed by atoms with Gasteiger partial charge in [-0.2, -0.15) is 0 Å². The minimum atomic E-state index is -3.72. The monoisotopic (exact) mass is 381 g/mol. The number of hydrogen-bond donors (Lipinski definition) is 1. The summed E-state index contributed by atoms with van der Waals surface area (Å²) >= 11 is 10.0. The molecular weight excluding hydrogens is 374 g/mol. The molecular formula is C10H9BrClN3O2S2. The summed E-state index contributed by atoms with van der Waals surface area (Å²) in [6.07, 6.45) is 0. The Balaban J connectivity index is 2.36. The summed E-state index contributed by atoms with van der Waals surface area (Å²) in [5.41, 5.74) is 1.38. The Morgan fingerprint density at radius 1 is 1.26 bits per heavy atom. The smallest absolute Gasteiger partial charge is 0.246 e. The lowest BCUT2D eigenvalue weighted by atomic mass is 10.4. The van der Waals surface area contributed by atoms with Crippen LogP contribution in [0.1, 0.15) is 11.4 Å². The molecule has 2 heterocycles. The minimum absolute atomic E-state index is 0.0538. The summed E-state index contributed by atoms with van der Waals surface area (Å²) in [4.78, 5) is 8.06. The van der Waals surface area contributed by atoms with E-state index in [1.807, 2.05) is 0 Å². The third-order valence-corrected chi connectivity index (χ3v) is 6.37. The molecule has 2 aromatic heterocycles. The van der Waals surface area contributed by atoms with E-state index in [0.29, 0.717) is 20.2 Å². The topological polar surface area (TPSA) is 72.0 Å². The summed E-state index contributed by atoms with van der Waals surface area (Å²) in [7, 11) is -3.72. The molecule has 0 spiro atoms. The van der Waals surface area contributed by atoms with Crippen LogP contribution in [0.4, 0.5) is 5.95 Å². The van der Waals surface area contributed by atoms with Crippen LogP contribution in [0.5, 0.6) is 0 Å². The van der Waals surface area contributed by atoms with Crippen molar-refractivity contribution in [3.05, 3.63) is 32.3 Å². The number of nitrogens with one attached hydrogen (secondary N) is 1. The van der Waals surface area contributed by atoms with Crippen molar-refractivity contribution in [1.82, 2.24) is 9.97 Å². The van der Waals surface area contributed by atoms with Crippen molar-refractivity contribution < 1.29 is 8.42 Å². The first-order chi connectivity index (χ1) is 8.78. The second-order valence-electron chi connectivity index (χ2n) is 3.77. The maximum absolute atomic E-state index is 12.1. The van der Waals surface area contributed by atoms with E-state index in [1.165, 1.54) is 6.07 Å². The number of sulfonamides is 1. The molecule has 19 heavy (non-hydrogen) atoms. The lowest BCUT2D eigenvalue weighted by Crippen LogP contribution is -2.14. The van der Waals surface area contributed by atoms with Crippen LogP contribution < -0.4 is 4.72 Å². The van der Waals surface area contributed by atoms with Crippen LogP contribution in [0, 0.1) is 13.8 Å². The Bertz CT molecular complexity index is 691. The van der Waals surface area contributed by atoms with Gasteiger partial charge in [-0.3, -0.25) is 0 Å². The van der Waals surface area contributed by atoms with Crippen molar-refractivity contribution in [3.63, 3.8) is 0 Å². The van der Waals surface area contributed by atoms with Gasteiger partial charge in [-0.15, -0.1) is 11.3 Å². The second kappa shape index (κ2) is 5.35. The molecule has 0 aliphatic heterocycles. The summed E-state index contributed by atoms with van der Waals surface area (Å²) < 4.78 is 27.3. The van der Waals surface area contributed by atoms with Gasteiger partial charge < -0.3 is 0 Å². The van der Waals surface area contributed by atoms with Crippen molar-refractivity contribution in [3.8, 4) is 0 Å². The number of aryl methyl sites for hydroxylation is 2. The maximum Gasteiger partial charge on any atom is 0.273 e. The van der Waals surface area contributed by atoms with Gasteiger partial charge in [0, 0.05) is 11.4 Å². The largest absolute Gasteiger partial charge is 0.273 e.